The van der Waals surface area contributed by atoms with Crippen LogP contribution in [0.1, 0.15) is 5.56 Å². The molecule has 0 spiro atoms. The van der Waals surface area contributed by atoms with Crippen molar-refractivity contribution in [2.24, 2.45) is 0 Å². The van der Waals surface area contributed by atoms with E-state index >= 15 is 0 Å². The number of nitrogens with zero attached hydrogens (tertiary/aromatic N) is 2. The van der Waals surface area contributed by atoms with Crippen LogP contribution in [-0.4, -0.2) is 15.6 Å². The highest BCUT2D eigenvalue weighted by Crippen LogP contribution is 2.22. The normalized spacial score (nSPS) is 10.7. The van der Waals surface area contributed by atoms with E-state index < -0.39 is 5.76 Å². The van der Waals surface area contributed by atoms with Gasteiger partial charge in [0.15, 0.2) is 5.82 Å². The van der Waals surface area contributed by atoms with E-state index in [1.54, 1.807) is 6.07 Å². The second kappa shape index (κ2) is 6.51. The van der Waals surface area contributed by atoms with Crippen LogP contribution in [0.5, 0.6) is 0 Å². The SMILES string of the molecule is Cc1cc(Br)ccc1NC(=O)Cn1c(-c2cccs2)noc1=O. The molecule has 0 saturated heterocycles. The van der Waals surface area contributed by atoms with Crippen LogP contribution in [0.4, 0.5) is 5.69 Å². The second-order valence-electron chi connectivity index (χ2n) is 4.84. The molecule has 6 nitrogen and oxygen atoms in total. The van der Waals surface area contributed by atoms with E-state index in [9.17, 15) is 9.59 Å². The van der Waals surface area contributed by atoms with Gasteiger partial charge in [-0.1, -0.05) is 27.2 Å². The summed E-state index contributed by atoms with van der Waals surface area (Å²) in [4.78, 5) is 24.8. The standard InChI is InChI=1S/C15H12BrN3O3S/c1-9-7-10(16)4-5-11(9)17-13(20)8-19-14(18-22-15(19)21)12-3-2-6-23-12/h2-7H,8H2,1H3,(H,17,20). The Kier molecular flexibility index (Phi) is 4.44. The van der Waals surface area contributed by atoms with Crippen molar-refractivity contribution in [1.29, 1.82) is 0 Å². The fraction of sp³-hybridized carbons (Fsp3) is 0.133. The molecule has 1 N–H and O–H groups in total. The first-order chi connectivity index (χ1) is 11.0. The Morgan fingerprint density at radius 3 is 2.96 bits per heavy atom. The number of carbonyl (C=O) groups excluding carboxylic acids is 1. The first-order valence-corrected chi connectivity index (χ1v) is 8.38. The number of hydrogen-bond acceptors (Lipinski definition) is 5. The molecule has 8 heteroatoms. The number of anilines is 1. The quantitative estimate of drug-likeness (QED) is 0.737. The molecular weight excluding hydrogens is 382 g/mol. The molecule has 2 aromatic heterocycles. The van der Waals surface area contributed by atoms with E-state index in [4.69, 9.17) is 0 Å². The maximum Gasteiger partial charge on any atom is 0.442 e. The lowest BCUT2D eigenvalue weighted by Gasteiger charge is -2.09. The Bertz CT molecular complexity index is 899. The van der Waals surface area contributed by atoms with Crippen molar-refractivity contribution in [3.63, 3.8) is 0 Å². The highest BCUT2D eigenvalue weighted by atomic mass is 79.9. The van der Waals surface area contributed by atoms with Crippen LogP contribution in [0.3, 0.4) is 0 Å². The van der Waals surface area contributed by atoms with Gasteiger partial charge in [0.25, 0.3) is 0 Å². The predicted molar refractivity (Wildman–Crippen MR) is 91.6 cm³/mol. The minimum absolute atomic E-state index is 0.162. The number of amides is 1. The molecule has 0 atom stereocenters. The first kappa shape index (κ1) is 15.7. The lowest BCUT2D eigenvalue weighted by Crippen LogP contribution is -2.25. The van der Waals surface area contributed by atoms with Gasteiger partial charge >= 0.3 is 5.76 Å². The van der Waals surface area contributed by atoms with Crippen molar-refractivity contribution in [2.45, 2.75) is 13.5 Å². The number of nitrogens with one attached hydrogen (secondary N) is 1. The summed E-state index contributed by atoms with van der Waals surface area (Å²) in [6, 6.07) is 9.20. The third-order valence-corrected chi connectivity index (χ3v) is 4.55. The van der Waals surface area contributed by atoms with E-state index in [2.05, 4.69) is 30.9 Å². The van der Waals surface area contributed by atoms with E-state index in [1.165, 1.54) is 15.9 Å². The molecular formula is C15H12BrN3O3S. The minimum atomic E-state index is -0.656. The zero-order chi connectivity index (χ0) is 16.4. The smallest absolute Gasteiger partial charge is 0.324 e. The summed E-state index contributed by atoms with van der Waals surface area (Å²) in [5, 5.41) is 8.40. The number of carbonyl (C=O) groups is 1. The van der Waals surface area contributed by atoms with Crippen molar-refractivity contribution in [1.82, 2.24) is 9.72 Å². The monoisotopic (exact) mass is 393 g/mol. The lowest BCUT2D eigenvalue weighted by atomic mass is 10.2. The van der Waals surface area contributed by atoms with E-state index in [0.29, 0.717) is 11.5 Å². The second-order valence-corrected chi connectivity index (χ2v) is 6.71. The number of hydrogen-bond donors (Lipinski definition) is 1. The Morgan fingerprint density at radius 2 is 2.26 bits per heavy atom. The first-order valence-electron chi connectivity index (χ1n) is 6.71. The van der Waals surface area contributed by atoms with Gasteiger partial charge in [-0.3, -0.25) is 9.32 Å². The Morgan fingerprint density at radius 1 is 1.43 bits per heavy atom. The van der Waals surface area contributed by atoms with Gasteiger partial charge < -0.3 is 5.32 Å². The number of aryl methyl sites for hydroxylation is 1. The Balaban J connectivity index is 1.81. The summed E-state index contributed by atoms with van der Waals surface area (Å²) in [5.41, 5.74) is 1.62. The molecule has 3 aromatic rings. The molecule has 0 aliphatic heterocycles. The average molecular weight is 394 g/mol. The minimum Gasteiger partial charge on any atom is -0.324 e. The summed E-state index contributed by atoms with van der Waals surface area (Å²) >= 11 is 4.79. The maximum atomic E-state index is 12.2. The van der Waals surface area contributed by atoms with Gasteiger partial charge in [-0.25, -0.2) is 9.36 Å². The largest absolute Gasteiger partial charge is 0.442 e. The third-order valence-electron chi connectivity index (χ3n) is 3.19. The molecule has 118 valence electrons. The number of aromatic nitrogens is 2. The molecule has 0 aliphatic rings. The van der Waals surface area contributed by atoms with Crippen LogP contribution in [0.2, 0.25) is 0 Å². The van der Waals surface area contributed by atoms with Crippen LogP contribution in [-0.2, 0) is 11.3 Å². The predicted octanol–water partition coefficient (Wildman–Crippen LogP) is 3.27. The molecule has 0 saturated carbocycles. The molecule has 0 bridgehead atoms. The molecule has 2 heterocycles. The fourth-order valence-corrected chi connectivity index (χ4v) is 3.28. The molecule has 3 rings (SSSR count). The molecule has 1 amide bonds. The van der Waals surface area contributed by atoms with E-state index in [0.717, 1.165) is 14.9 Å². The van der Waals surface area contributed by atoms with E-state index in [1.807, 2.05) is 36.6 Å². The van der Waals surface area contributed by atoms with Crippen molar-refractivity contribution in [3.8, 4) is 10.7 Å². The van der Waals surface area contributed by atoms with Crippen LogP contribution in [0, 0.1) is 6.92 Å². The van der Waals surface area contributed by atoms with Gasteiger partial charge in [-0.15, -0.1) is 11.3 Å². The van der Waals surface area contributed by atoms with Gasteiger partial charge in [-0.05, 0) is 42.1 Å². The summed E-state index contributed by atoms with van der Waals surface area (Å²) in [5.74, 6) is -0.623. The number of thiophene rings is 1. The zero-order valence-electron chi connectivity index (χ0n) is 12.1. The van der Waals surface area contributed by atoms with Crippen molar-refractivity contribution < 1.29 is 9.32 Å². The fourth-order valence-electron chi connectivity index (χ4n) is 2.09. The van der Waals surface area contributed by atoms with Crippen molar-refractivity contribution in [3.05, 3.63) is 56.3 Å². The summed E-state index contributed by atoms with van der Waals surface area (Å²) in [6.45, 7) is 1.73. The highest BCUT2D eigenvalue weighted by molar-refractivity contribution is 9.10. The number of rotatable bonds is 4. The molecule has 0 fully saturated rings. The maximum absolute atomic E-state index is 12.2. The highest BCUT2D eigenvalue weighted by Gasteiger charge is 2.17. The van der Waals surface area contributed by atoms with Gasteiger partial charge in [0.05, 0.1) is 4.88 Å². The van der Waals surface area contributed by atoms with Crippen molar-refractivity contribution >= 4 is 38.9 Å². The summed E-state index contributed by atoms with van der Waals surface area (Å²) in [7, 11) is 0. The third kappa shape index (κ3) is 3.43. The molecule has 0 unspecified atom stereocenters. The number of benzene rings is 1. The van der Waals surface area contributed by atoms with Gasteiger partial charge in [0.2, 0.25) is 5.91 Å². The van der Waals surface area contributed by atoms with Crippen LogP contribution >= 0.6 is 27.3 Å². The van der Waals surface area contributed by atoms with E-state index in [-0.39, 0.29) is 12.5 Å². The molecule has 0 radical (unpaired) electrons. The number of halogens is 1. The van der Waals surface area contributed by atoms with Gasteiger partial charge in [0, 0.05) is 10.2 Å². The van der Waals surface area contributed by atoms with Crippen LogP contribution in [0.15, 0.2) is 49.5 Å². The molecule has 1 aromatic carbocycles. The van der Waals surface area contributed by atoms with Gasteiger partial charge in [-0.2, -0.15) is 0 Å². The lowest BCUT2D eigenvalue weighted by molar-refractivity contribution is -0.116. The summed E-state index contributed by atoms with van der Waals surface area (Å²) < 4.78 is 6.84. The Labute approximate surface area is 143 Å². The van der Waals surface area contributed by atoms with Crippen LogP contribution < -0.4 is 11.1 Å². The molecule has 0 aliphatic carbocycles. The average Bonchev–Trinajstić information content (AvgIpc) is 3.13. The summed E-state index contributed by atoms with van der Waals surface area (Å²) in [6.07, 6.45) is 0. The Hall–Kier alpha value is -2.19. The van der Waals surface area contributed by atoms with Crippen LogP contribution in [0.25, 0.3) is 10.7 Å². The molecule has 23 heavy (non-hydrogen) atoms. The van der Waals surface area contributed by atoms with Gasteiger partial charge in [0.1, 0.15) is 6.54 Å². The van der Waals surface area contributed by atoms with Crippen molar-refractivity contribution in [2.75, 3.05) is 5.32 Å². The zero-order valence-corrected chi connectivity index (χ0v) is 14.5. The topological polar surface area (TPSA) is 77.1 Å².